The van der Waals surface area contributed by atoms with Crippen molar-refractivity contribution in [3.63, 3.8) is 0 Å². The number of pyridine rings is 1. The van der Waals surface area contributed by atoms with Gasteiger partial charge in [-0.2, -0.15) is 4.98 Å². The lowest BCUT2D eigenvalue weighted by Gasteiger charge is -2.18. The lowest BCUT2D eigenvalue weighted by Crippen LogP contribution is -2.28. The molecule has 1 aromatic carbocycles. The molecule has 0 spiro atoms. The average molecular weight is 387 g/mol. The van der Waals surface area contributed by atoms with Crippen LogP contribution in [-0.2, 0) is 6.42 Å². The fraction of sp³-hybridized carbons (Fsp3) is 0.348. The zero-order valence-electron chi connectivity index (χ0n) is 16.8. The Kier molecular flexibility index (Phi) is 4.64. The largest absolute Gasteiger partial charge is 0.354 e. The summed E-state index contributed by atoms with van der Waals surface area (Å²) in [4.78, 5) is 12.6. The van der Waals surface area contributed by atoms with E-state index in [1.54, 1.807) is 0 Å². The van der Waals surface area contributed by atoms with Gasteiger partial charge in [0.15, 0.2) is 0 Å². The number of fused-ring (bicyclic) bond motifs is 1. The Hall–Kier alpha value is -2.99. The van der Waals surface area contributed by atoms with E-state index in [0.717, 1.165) is 60.7 Å². The van der Waals surface area contributed by atoms with Gasteiger partial charge in [-0.25, -0.2) is 0 Å². The number of hydrogen-bond acceptors (Lipinski definition) is 5. The van der Waals surface area contributed by atoms with Crippen molar-refractivity contribution >= 4 is 10.9 Å². The van der Waals surface area contributed by atoms with Gasteiger partial charge in [0, 0.05) is 46.2 Å². The van der Waals surface area contributed by atoms with E-state index in [-0.39, 0.29) is 0 Å². The minimum absolute atomic E-state index is 0.314. The Balaban J connectivity index is 1.54. The standard InChI is InChI=1S/C23H25N5O/c1-3-18-19-12-16(22-27-23(29-28-22)17-5-4-9-24-13-17)6-7-20(19)26-21(18)15-8-10-25-14(2)11-15/h6-8,10-12,17,24,26H,3-5,9,13H2,1-2H3. The summed E-state index contributed by atoms with van der Waals surface area (Å²) >= 11 is 0. The molecular formula is C23H25N5O. The summed E-state index contributed by atoms with van der Waals surface area (Å²) in [6.07, 6.45) is 5.04. The molecule has 0 aliphatic carbocycles. The molecule has 1 atom stereocenters. The molecule has 0 amide bonds. The lowest BCUT2D eigenvalue weighted by atomic mass is 10.00. The summed E-state index contributed by atoms with van der Waals surface area (Å²) in [5.74, 6) is 1.72. The van der Waals surface area contributed by atoms with E-state index in [4.69, 9.17) is 9.51 Å². The van der Waals surface area contributed by atoms with Gasteiger partial charge in [-0.3, -0.25) is 4.98 Å². The van der Waals surface area contributed by atoms with Gasteiger partial charge in [-0.15, -0.1) is 0 Å². The number of nitrogens with zero attached hydrogens (tertiary/aromatic N) is 3. The van der Waals surface area contributed by atoms with Crippen molar-refractivity contribution in [1.82, 2.24) is 25.4 Å². The van der Waals surface area contributed by atoms with Crippen molar-refractivity contribution in [2.24, 2.45) is 0 Å². The van der Waals surface area contributed by atoms with Gasteiger partial charge < -0.3 is 14.8 Å². The topological polar surface area (TPSA) is 79.6 Å². The van der Waals surface area contributed by atoms with Crippen LogP contribution in [0.15, 0.2) is 41.1 Å². The summed E-state index contributed by atoms with van der Waals surface area (Å²) < 4.78 is 5.60. The van der Waals surface area contributed by atoms with Gasteiger partial charge in [0.05, 0.1) is 5.92 Å². The molecule has 5 rings (SSSR count). The summed E-state index contributed by atoms with van der Waals surface area (Å²) in [5, 5.41) is 8.88. The molecule has 6 heteroatoms. The van der Waals surface area contributed by atoms with Crippen molar-refractivity contribution in [3.05, 3.63) is 53.7 Å². The zero-order chi connectivity index (χ0) is 19.8. The third-order valence-corrected chi connectivity index (χ3v) is 5.79. The minimum Gasteiger partial charge on any atom is -0.354 e. The first-order valence-corrected chi connectivity index (χ1v) is 10.3. The molecule has 3 aromatic heterocycles. The van der Waals surface area contributed by atoms with E-state index in [9.17, 15) is 0 Å². The normalized spacial score (nSPS) is 17.1. The molecule has 1 aliphatic rings. The number of benzene rings is 1. The number of aryl methyl sites for hydroxylation is 2. The SMILES string of the molecule is CCc1c(-c2ccnc(C)c2)[nH]c2ccc(-c3noc(C4CCCNC4)n3)cc12. The zero-order valence-corrected chi connectivity index (χ0v) is 16.8. The Bertz CT molecular complexity index is 1150. The molecule has 29 heavy (non-hydrogen) atoms. The van der Waals surface area contributed by atoms with E-state index in [2.05, 4.69) is 57.7 Å². The first kappa shape index (κ1) is 18.1. The number of aromatic amines is 1. The third kappa shape index (κ3) is 3.34. The van der Waals surface area contributed by atoms with Gasteiger partial charge >= 0.3 is 0 Å². The quantitative estimate of drug-likeness (QED) is 0.534. The number of H-pyrrole nitrogens is 1. The van der Waals surface area contributed by atoms with Crippen LogP contribution in [0.4, 0.5) is 0 Å². The van der Waals surface area contributed by atoms with Gasteiger partial charge in [0.1, 0.15) is 0 Å². The molecule has 148 valence electrons. The number of piperidine rings is 1. The van der Waals surface area contributed by atoms with Crippen molar-refractivity contribution in [3.8, 4) is 22.6 Å². The van der Waals surface area contributed by atoms with Crippen LogP contribution in [0, 0.1) is 6.92 Å². The van der Waals surface area contributed by atoms with Crippen LogP contribution < -0.4 is 5.32 Å². The first-order chi connectivity index (χ1) is 14.2. The lowest BCUT2D eigenvalue weighted by molar-refractivity contribution is 0.322. The molecule has 2 N–H and O–H groups in total. The summed E-state index contributed by atoms with van der Waals surface area (Å²) in [5.41, 5.74) is 6.75. The van der Waals surface area contributed by atoms with E-state index >= 15 is 0 Å². The molecule has 1 fully saturated rings. The molecule has 4 heterocycles. The smallest absolute Gasteiger partial charge is 0.231 e. The Morgan fingerprint density at radius 1 is 1.17 bits per heavy atom. The van der Waals surface area contributed by atoms with Gasteiger partial charge in [0.2, 0.25) is 11.7 Å². The Morgan fingerprint density at radius 2 is 2.10 bits per heavy atom. The Morgan fingerprint density at radius 3 is 2.90 bits per heavy atom. The van der Waals surface area contributed by atoms with E-state index in [0.29, 0.717) is 11.7 Å². The fourth-order valence-electron chi connectivity index (χ4n) is 4.28. The van der Waals surface area contributed by atoms with Crippen LogP contribution in [0.1, 0.15) is 42.8 Å². The van der Waals surface area contributed by atoms with Crippen LogP contribution in [0.5, 0.6) is 0 Å². The van der Waals surface area contributed by atoms with Gasteiger partial charge in [-0.05, 0) is 68.6 Å². The second kappa shape index (κ2) is 7.44. The number of nitrogens with one attached hydrogen (secondary N) is 2. The molecule has 6 nitrogen and oxygen atoms in total. The molecule has 1 aliphatic heterocycles. The van der Waals surface area contributed by atoms with E-state index in [1.165, 1.54) is 16.5 Å². The van der Waals surface area contributed by atoms with Gasteiger partial charge in [0.25, 0.3) is 0 Å². The highest BCUT2D eigenvalue weighted by atomic mass is 16.5. The number of hydrogen-bond donors (Lipinski definition) is 2. The summed E-state index contributed by atoms with van der Waals surface area (Å²) in [7, 11) is 0. The average Bonchev–Trinajstić information content (AvgIpc) is 3.39. The maximum absolute atomic E-state index is 5.60. The van der Waals surface area contributed by atoms with E-state index < -0.39 is 0 Å². The maximum atomic E-state index is 5.60. The molecule has 0 radical (unpaired) electrons. The third-order valence-electron chi connectivity index (χ3n) is 5.79. The highest BCUT2D eigenvalue weighted by Gasteiger charge is 2.22. The highest BCUT2D eigenvalue weighted by Crippen LogP contribution is 2.33. The molecule has 4 aromatic rings. The first-order valence-electron chi connectivity index (χ1n) is 10.3. The molecular weight excluding hydrogens is 362 g/mol. The van der Waals surface area contributed by atoms with E-state index in [1.807, 2.05) is 13.1 Å². The summed E-state index contributed by atoms with van der Waals surface area (Å²) in [6, 6.07) is 10.5. The van der Waals surface area contributed by atoms with Gasteiger partial charge in [-0.1, -0.05) is 12.1 Å². The maximum Gasteiger partial charge on any atom is 0.231 e. The predicted octanol–water partition coefficient (Wildman–Crippen LogP) is 4.62. The van der Waals surface area contributed by atoms with Crippen molar-refractivity contribution in [1.29, 1.82) is 0 Å². The van der Waals surface area contributed by atoms with Crippen LogP contribution in [0.25, 0.3) is 33.5 Å². The van der Waals surface area contributed by atoms with Crippen LogP contribution >= 0.6 is 0 Å². The number of aromatic nitrogens is 4. The van der Waals surface area contributed by atoms with Crippen molar-refractivity contribution in [2.75, 3.05) is 13.1 Å². The van der Waals surface area contributed by atoms with Crippen LogP contribution in [0.3, 0.4) is 0 Å². The summed E-state index contributed by atoms with van der Waals surface area (Å²) in [6.45, 7) is 6.19. The highest BCUT2D eigenvalue weighted by molar-refractivity contribution is 5.93. The monoisotopic (exact) mass is 387 g/mol. The number of rotatable bonds is 4. The second-order valence-electron chi connectivity index (χ2n) is 7.78. The molecule has 0 bridgehead atoms. The molecule has 0 saturated carbocycles. The molecule has 1 unspecified atom stereocenters. The van der Waals surface area contributed by atoms with Crippen LogP contribution in [0.2, 0.25) is 0 Å². The minimum atomic E-state index is 0.314. The molecule has 1 saturated heterocycles. The van der Waals surface area contributed by atoms with Crippen LogP contribution in [-0.4, -0.2) is 33.2 Å². The second-order valence-corrected chi connectivity index (χ2v) is 7.78. The predicted molar refractivity (Wildman–Crippen MR) is 114 cm³/mol. The fourth-order valence-corrected chi connectivity index (χ4v) is 4.28. The van der Waals surface area contributed by atoms with Crippen molar-refractivity contribution in [2.45, 2.75) is 39.0 Å². The van der Waals surface area contributed by atoms with Crippen molar-refractivity contribution < 1.29 is 4.52 Å². The Labute approximate surface area is 169 Å².